The summed E-state index contributed by atoms with van der Waals surface area (Å²) < 4.78 is 0. The van der Waals surface area contributed by atoms with Crippen LogP contribution in [0.2, 0.25) is 10.0 Å². The van der Waals surface area contributed by atoms with Gasteiger partial charge in [0.15, 0.2) is 5.11 Å². The Bertz CT molecular complexity index is 729. The summed E-state index contributed by atoms with van der Waals surface area (Å²) >= 11 is 17.0. The summed E-state index contributed by atoms with van der Waals surface area (Å²) in [5.41, 5.74) is 6.92. The smallest absolute Gasteiger partial charge is 0.191 e. The van der Waals surface area contributed by atoms with Crippen molar-refractivity contribution in [1.82, 2.24) is 5.43 Å². The van der Waals surface area contributed by atoms with Gasteiger partial charge in [-0.1, -0.05) is 41.4 Å². The SMILES string of the molecule is Cc1cccc(NC(=S)N/N=C\c2ccc(Cl)c(Cl)c2)c1C. The van der Waals surface area contributed by atoms with Crippen LogP contribution in [0, 0.1) is 13.8 Å². The number of thiocarbonyl (C=S) groups is 1. The molecule has 0 aliphatic carbocycles. The maximum atomic E-state index is 5.94. The zero-order valence-electron chi connectivity index (χ0n) is 12.2. The van der Waals surface area contributed by atoms with E-state index in [9.17, 15) is 0 Å². The van der Waals surface area contributed by atoms with E-state index in [0.717, 1.165) is 16.8 Å². The second kappa shape index (κ2) is 7.58. The Balaban J connectivity index is 1.96. The number of aryl methyl sites for hydroxylation is 1. The van der Waals surface area contributed by atoms with Gasteiger partial charge in [-0.05, 0) is 61.0 Å². The van der Waals surface area contributed by atoms with E-state index in [1.54, 1.807) is 18.3 Å². The predicted molar refractivity (Wildman–Crippen MR) is 99.3 cm³/mol. The molecule has 22 heavy (non-hydrogen) atoms. The van der Waals surface area contributed by atoms with Gasteiger partial charge in [-0.2, -0.15) is 5.10 Å². The number of hydrazone groups is 1. The second-order valence-electron chi connectivity index (χ2n) is 4.75. The summed E-state index contributed by atoms with van der Waals surface area (Å²) in [5, 5.41) is 8.62. The molecule has 0 heterocycles. The normalized spacial score (nSPS) is 10.7. The maximum absolute atomic E-state index is 5.94. The van der Waals surface area contributed by atoms with E-state index in [1.165, 1.54) is 5.56 Å². The van der Waals surface area contributed by atoms with Crippen molar-refractivity contribution in [3.05, 3.63) is 63.1 Å². The van der Waals surface area contributed by atoms with Gasteiger partial charge in [0.1, 0.15) is 0 Å². The summed E-state index contributed by atoms with van der Waals surface area (Å²) in [6.45, 7) is 4.10. The number of hydrogen-bond acceptors (Lipinski definition) is 2. The van der Waals surface area contributed by atoms with Crippen LogP contribution in [0.3, 0.4) is 0 Å². The van der Waals surface area contributed by atoms with Crippen molar-refractivity contribution in [1.29, 1.82) is 0 Å². The molecular formula is C16H15Cl2N3S. The summed E-state index contributed by atoms with van der Waals surface area (Å²) in [6.07, 6.45) is 1.62. The Labute approximate surface area is 145 Å². The highest BCUT2D eigenvalue weighted by atomic mass is 35.5. The van der Waals surface area contributed by atoms with Crippen molar-refractivity contribution in [2.24, 2.45) is 5.10 Å². The second-order valence-corrected chi connectivity index (χ2v) is 5.97. The first kappa shape index (κ1) is 16.7. The average Bonchev–Trinajstić information content (AvgIpc) is 2.48. The van der Waals surface area contributed by atoms with Gasteiger partial charge in [0.2, 0.25) is 0 Å². The molecule has 2 aromatic carbocycles. The van der Waals surface area contributed by atoms with Gasteiger partial charge in [0.05, 0.1) is 16.3 Å². The van der Waals surface area contributed by atoms with Crippen molar-refractivity contribution < 1.29 is 0 Å². The number of nitrogens with one attached hydrogen (secondary N) is 2. The highest BCUT2D eigenvalue weighted by Crippen LogP contribution is 2.21. The van der Waals surface area contributed by atoms with Gasteiger partial charge in [0.25, 0.3) is 0 Å². The standard InChI is InChI=1S/C16H15Cl2N3S/c1-10-4-3-5-15(11(10)2)20-16(22)21-19-9-12-6-7-13(17)14(18)8-12/h3-9H,1-2H3,(H2,20,21,22)/b19-9-. The molecule has 0 atom stereocenters. The zero-order valence-corrected chi connectivity index (χ0v) is 14.5. The van der Waals surface area contributed by atoms with Crippen LogP contribution in [0.1, 0.15) is 16.7 Å². The van der Waals surface area contributed by atoms with Crippen LogP contribution < -0.4 is 10.7 Å². The van der Waals surface area contributed by atoms with Crippen molar-refractivity contribution in [2.45, 2.75) is 13.8 Å². The Morgan fingerprint density at radius 1 is 1.14 bits per heavy atom. The molecule has 2 N–H and O–H groups in total. The molecular weight excluding hydrogens is 337 g/mol. The molecule has 0 saturated carbocycles. The van der Waals surface area contributed by atoms with E-state index >= 15 is 0 Å². The van der Waals surface area contributed by atoms with E-state index in [2.05, 4.69) is 28.8 Å². The number of halogens is 2. The molecule has 0 aliphatic heterocycles. The van der Waals surface area contributed by atoms with Crippen molar-refractivity contribution in [2.75, 3.05) is 5.32 Å². The molecule has 0 saturated heterocycles. The first-order valence-corrected chi connectivity index (χ1v) is 7.75. The lowest BCUT2D eigenvalue weighted by molar-refractivity contribution is 1.05. The summed E-state index contributed by atoms with van der Waals surface area (Å²) in [7, 11) is 0. The Morgan fingerprint density at radius 3 is 2.64 bits per heavy atom. The molecule has 0 radical (unpaired) electrons. The molecule has 2 aromatic rings. The van der Waals surface area contributed by atoms with Crippen LogP contribution in [-0.2, 0) is 0 Å². The van der Waals surface area contributed by atoms with Crippen LogP contribution in [0.5, 0.6) is 0 Å². The number of nitrogens with zero attached hydrogens (tertiary/aromatic N) is 1. The third-order valence-corrected chi connectivity index (χ3v) is 4.11. The molecule has 0 aromatic heterocycles. The van der Waals surface area contributed by atoms with Gasteiger partial charge >= 0.3 is 0 Å². The maximum Gasteiger partial charge on any atom is 0.191 e. The van der Waals surface area contributed by atoms with Gasteiger partial charge in [-0.3, -0.25) is 5.43 Å². The van der Waals surface area contributed by atoms with Crippen LogP contribution in [0.25, 0.3) is 0 Å². The lowest BCUT2D eigenvalue weighted by Gasteiger charge is -2.11. The molecule has 0 unspecified atom stereocenters. The predicted octanol–water partition coefficient (Wildman–Crippen LogP) is 4.93. The van der Waals surface area contributed by atoms with E-state index in [-0.39, 0.29) is 0 Å². The minimum Gasteiger partial charge on any atom is -0.331 e. The monoisotopic (exact) mass is 351 g/mol. The fourth-order valence-electron chi connectivity index (χ4n) is 1.79. The fraction of sp³-hybridized carbons (Fsp3) is 0.125. The Kier molecular flexibility index (Phi) is 5.77. The molecule has 3 nitrogen and oxygen atoms in total. The third kappa shape index (κ3) is 4.44. The average molecular weight is 352 g/mol. The van der Waals surface area contributed by atoms with E-state index in [1.807, 2.05) is 25.1 Å². The molecule has 114 valence electrons. The van der Waals surface area contributed by atoms with Gasteiger partial charge in [0, 0.05) is 5.69 Å². The number of rotatable bonds is 3. The summed E-state index contributed by atoms with van der Waals surface area (Å²) in [5.74, 6) is 0. The van der Waals surface area contributed by atoms with Crippen molar-refractivity contribution >= 4 is 52.4 Å². The molecule has 2 rings (SSSR count). The molecule has 0 fully saturated rings. The van der Waals surface area contributed by atoms with Crippen LogP contribution in [0.4, 0.5) is 5.69 Å². The first-order valence-electron chi connectivity index (χ1n) is 6.58. The van der Waals surface area contributed by atoms with Gasteiger partial charge in [-0.25, -0.2) is 0 Å². The van der Waals surface area contributed by atoms with Crippen molar-refractivity contribution in [3.8, 4) is 0 Å². The van der Waals surface area contributed by atoms with Gasteiger partial charge < -0.3 is 5.32 Å². The molecule has 6 heteroatoms. The van der Waals surface area contributed by atoms with Gasteiger partial charge in [-0.15, -0.1) is 0 Å². The third-order valence-electron chi connectivity index (χ3n) is 3.18. The number of hydrogen-bond donors (Lipinski definition) is 2. The topological polar surface area (TPSA) is 36.4 Å². The molecule has 0 amide bonds. The van der Waals surface area contributed by atoms with Crippen LogP contribution in [0.15, 0.2) is 41.5 Å². The number of anilines is 1. The van der Waals surface area contributed by atoms with Crippen LogP contribution in [-0.4, -0.2) is 11.3 Å². The summed E-state index contributed by atoms with van der Waals surface area (Å²) in [4.78, 5) is 0. The van der Waals surface area contributed by atoms with E-state index < -0.39 is 0 Å². The fourth-order valence-corrected chi connectivity index (χ4v) is 2.26. The zero-order chi connectivity index (χ0) is 16.1. The number of benzene rings is 2. The van der Waals surface area contributed by atoms with Crippen LogP contribution >= 0.6 is 35.4 Å². The van der Waals surface area contributed by atoms with E-state index in [0.29, 0.717) is 15.2 Å². The quantitative estimate of drug-likeness (QED) is 0.467. The Morgan fingerprint density at radius 2 is 1.91 bits per heavy atom. The molecule has 0 aliphatic rings. The first-order chi connectivity index (χ1) is 10.5. The minimum atomic E-state index is 0.421. The molecule has 0 bridgehead atoms. The highest BCUT2D eigenvalue weighted by molar-refractivity contribution is 7.80. The minimum absolute atomic E-state index is 0.421. The lowest BCUT2D eigenvalue weighted by Crippen LogP contribution is -2.24. The molecule has 0 spiro atoms. The van der Waals surface area contributed by atoms with Crippen molar-refractivity contribution in [3.63, 3.8) is 0 Å². The lowest BCUT2D eigenvalue weighted by atomic mass is 10.1. The summed E-state index contributed by atoms with van der Waals surface area (Å²) in [6, 6.07) is 11.3. The largest absolute Gasteiger partial charge is 0.331 e. The highest BCUT2D eigenvalue weighted by Gasteiger charge is 2.02. The Hall–Kier alpha value is -1.62. The van der Waals surface area contributed by atoms with E-state index in [4.69, 9.17) is 35.4 Å².